The quantitative estimate of drug-likeness (QED) is 0.324. The fourth-order valence-electron chi connectivity index (χ4n) is 3.65. The SMILES string of the molecule is COc1ccc2c(c1)c(C(=O)C(=O)Nc1ccnc(OC)n1)c(C)n2Cc1ccc(Cl)cc1. The Kier molecular flexibility index (Phi) is 6.28. The molecule has 4 rings (SSSR count). The summed E-state index contributed by atoms with van der Waals surface area (Å²) in [6.45, 7) is 2.32. The van der Waals surface area contributed by atoms with Gasteiger partial charge in [-0.1, -0.05) is 23.7 Å². The number of hydrogen-bond donors (Lipinski definition) is 1. The molecule has 0 radical (unpaired) electrons. The smallest absolute Gasteiger partial charge is 0.318 e. The Balaban J connectivity index is 1.75. The molecule has 0 atom stereocenters. The van der Waals surface area contributed by atoms with Crippen LogP contribution in [0.4, 0.5) is 5.82 Å². The number of hydrogen-bond acceptors (Lipinski definition) is 6. The molecule has 2 aromatic carbocycles. The third kappa shape index (κ3) is 4.51. The van der Waals surface area contributed by atoms with Crippen LogP contribution in [0.5, 0.6) is 11.8 Å². The summed E-state index contributed by atoms with van der Waals surface area (Å²) in [4.78, 5) is 34.1. The maximum Gasteiger partial charge on any atom is 0.318 e. The molecule has 0 aliphatic heterocycles. The molecule has 8 nitrogen and oxygen atoms in total. The number of benzene rings is 2. The molecule has 0 aliphatic rings. The van der Waals surface area contributed by atoms with Gasteiger partial charge in [-0.25, -0.2) is 4.98 Å². The van der Waals surface area contributed by atoms with Crippen molar-refractivity contribution in [1.29, 1.82) is 0 Å². The van der Waals surface area contributed by atoms with Crippen molar-refractivity contribution in [3.8, 4) is 11.8 Å². The minimum atomic E-state index is -0.813. The van der Waals surface area contributed by atoms with Gasteiger partial charge in [-0.15, -0.1) is 0 Å². The van der Waals surface area contributed by atoms with Gasteiger partial charge in [-0.3, -0.25) is 9.59 Å². The van der Waals surface area contributed by atoms with Crippen molar-refractivity contribution >= 4 is 40.0 Å². The van der Waals surface area contributed by atoms with E-state index in [2.05, 4.69) is 15.3 Å². The summed E-state index contributed by atoms with van der Waals surface area (Å²) < 4.78 is 12.3. The normalized spacial score (nSPS) is 10.8. The van der Waals surface area contributed by atoms with E-state index in [0.717, 1.165) is 11.1 Å². The van der Waals surface area contributed by atoms with Crippen LogP contribution in [0.2, 0.25) is 5.02 Å². The molecule has 0 unspecified atom stereocenters. The van der Waals surface area contributed by atoms with Crippen molar-refractivity contribution < 1.29 is 19.1 Å². The second-order valence-corrected chi connectivity index (χ2v) is 7.70. The predicted molar refractivity (Wildman–Crippen MR) is 125 cm³/mol. The van der Waals surface area contributed by atoms with E-state index >= 15 is 0 Å². The Morgan fingerprint density at radius 3 is 2.52 bits per heavy atom. The Morgan fingerprint density at radius 1 is 1.06 bits per heavy atom. The van der Waals surface area contributed by atoms with Crippen molar-refractivity contribution in [2.75, 3.05) is 19.5 Å². The number of nitrogens with one attached hydrogen (secondary N) is 1. The topological polar surface area (TPSA) is 95.3 Å². The molecule has 0 aliphatic carbocycles. The zero-order valence-electron chi connectivity index (χ0n) is 18.3. The monoisotopic (exact) mass is 464 g/mol. The van der Waals surface area contributed by atoms with E-state index in [1.165, 1.54) is 19.4 Å². The molecule has 168 valence electrons. The Hall–Kier alpha value is -3.91. The molecule has 1 amide bonds. The molecule has 0 saturated carbocycles. The van der Waals surface area contributed by atoms with Gasteiger partial charge in [0.15, 0.2) is 0 Å². The van der Waals surface area contributed by atoms with Crippen LogP contribution in [0, 0.1) is 6.92 Å². The molecular weight excluding hydrogens is 444 g/mol. The first-order valence-electron chi connectivity index (χ1n) is 10.0. The van der Waals surface area contributed by atoms with Gasteiger partial charge in [0.05, 0.1) is 19.8 Å². The number of ketones is 1. The lowest BCUT2D eigenvalue weighted by atomic mass is 10.1. The van der Waals surface area contributed by atoms with E-state index in [1.54, 1.807) is 13.2 Å². The van der Waals surface area contributed by atoms with Gasteiger partial charge < -0.3 is 19.4 Å². The molecular formula is C24H21ClN4O4. The number of amides is 1. The van der Waals surface area contributed by atoms with Crippen molar-refractivity contribution in [2.24, 2.45) is 0 Å². The van der Waals surface area contributed by atoms with Crippen LogP contribution >= 0.6 is 11.6 Å². The Bertz CT molecular complexity index is 1350. The zero-order valence-corrected chi connectivity index (χ0v) is 19.0. The van der Waals surface area contributed by atoms with Crippen LogP contribution in [0.15, 0.2) is 54.7 Å². The van der Waals surface area contributed by atoms with E-state index in [-0.39, 0.29) is 11.8 Å². The van der Waals surface area contributed by atoms with Crippen molar-refractivity contribution in [1.82, 2.24) is 14.5 Å². The number of rotatable bonds is 7. The number of aromatic nitrogens is 3. The fraction of sp³-hybridized carbons (Fsp3) is 0.167. The Labute approximate surface area is 195 Å². The third-order valence-electron chi connectivity index (χ3n) is 5.28. The van der Waals surface area contributed by atoms with Crippen LogP contribution in [0.1, 0.15) is 21.6 Å². The number of carbonyl (C=O) groups is 2. The minimum Gasteiger partial charge on any atom is -0.497 e. The van der Waals surface area contributed by atoms with Crippen molar-refractivity contribution in [2.45, 2.75) is 13.5 Å². The molecule has 4 aromatic rings. The van der Waals surface area contributed by atoms with Crippen LogP contribution in [0.3, 0.4) is 0 Å². The van der Waals surface area contributed by atoms with E-state index in [9.17, 15) is 9.59 Å². The molecule has 2 aromatic heterocycles. The highest BCUT2D eigenvalue weighted by atomic mass is 35.5. The molecule has 1 N–H and O–H groups in total. The van der Waals surface area contributed by atoms with Gasteiger partial charge in [-0.05, 0) is 48.9 Å². The summed E-state index contributed by atoms with van der Waals surface area (Å²) in [5.74, 6) is -0.744. The standard InChI is InChI=1S/C24H21ClN4O4/c1-14-21(22(30)23(31)27-20-10-11-26-24(28-20)33-3)18-12-17(32-2)8-9-19(18)29(14)13-15-4-6-16(25)7-5-15/h4-12H,13H2,1-3H3,(H,26,27,28,31). The lowest BCUT2D eigenvalue weighted by Crippen LogP contribution is -2.24. The molecule has 9 heteroatoms. The first kappa shape index (κ1) is 22.3. The first-order chi connectivity index (χ1) is 15.9. The summed E-state index contributed by atoms with van der Waals surface area (Å²) >= 11 is 6.01. The molecule has 0 saturated heterocycles. The third-order valence-corrected chi connectivity index (χ3v) is 5.53. The maximum absolute atomic E-state index is 13.3. The van der Waals surface area contributed by atoms with Gasteiger partial charge in [0.1, 0.15) is 11.6 Å². The number of carbonyl (C=O) groups excluding carboxylic acids is 2. The molecule has 2 heterocycles. The number of nitrogens with zero attached hydrogens (tertiary/aromatic N) is 3. The number of methoxy groups -OCH3 is 2. The highest BCUT2D eigenvalue weighted by Crippen LogP contribution is 2.31. The summed E-state index contributed by atoms with van der Waals surface area (Å²) in [6, 6.07) is 14.5. The zero-order chi connectivity index (χ0) is 23.5. The number of fused-ring (bicyclic) bond motifs is 1. The van der Waals surface area contributed by atoms with Crippen LogP contribution in [-0.2, 0) is 11.3 Å². The largest absolute Gasteiger partial charge is 0.497 e. The van der Waals surface area contributed by atoms with Gasteiger partial charge in [0.25, 0.3) is 11.7 Å². The average Bonchev–Trinajstić information content (AvgIpc) is 3.10. The fourth-order valence-corrected chi connectivity index (χ4v) is 3.77. The van der Waals surface area contributed by atoms with Gasteiger partial charge in [0.2, 0.25) is 0 Å². The maximum atomic E-state index is 13.3. The first-order valence-corrected chi connectivity index (χ1v) is 10.4. The second kappa shape index (κ2) is 9.30. The minimum absolute atomic E-state index is 0.0840. The van der Waals surface area contributed by atoms with Crippen LogP contribution in [-0.4, -0.2) is 40.4 Å². The summed E-state index contributed by atoms with van der Waals surface area (Å²) in [5, 5.41) is 3.80. The van der Waals surface area contributed by atoms with Crippen LogP contribution in [0.25, 0.3) is 10.9 Å². The van der Waals surface area contributed by atoms with Gasteiger partial charge in [0, 0.05) is 34.4 Å². The number of halogens is 1. The van der Waals surface area contributed by atoms with Gasteiger partial charge >= 0.3 is 6.01 Å². The van der Waals surface area contributed by atoms with Gasteiger partial charge in [-0.2, -0.15) is 4.98 Å². The molecule has 33 heavy (non-hydrogen) atoms. The molecule has 0 bridgehead atoms. The number of ether oxygens (including phenoxy) is 2. The van der Waals surface area contributed by atoms with E-state index in [1.807, 2.05) is 47.9 Å². The predicted octanol–water partition coefficient (Wildman–Crippen LogP) is 4.28. The number of anilines is 1. The van der Waals surface area contributed by atoms with E-state index < -0.39 is 11.7 Å². The molecule has 0 fully saturated rings. The second-order valence-electron chi connectivity index (χ2n) is 7.27. The van der Waals surface area contributed by atoms with Crippen molar-refractivity contribution in [3.05, 3.63) is 76.6 Å². The van der Waals surface area contributed by atoms with Crippen molar-refractivity contribution in [3.63, 3.8) is 0 Å². The van der Waals surface area contributed by atoms with Crippen LogP contribution < -0.4 is 14.8 Å². The summed E-state index contributed by atoms with van der Waals surface area (Å²) in [7, 11) is 2.97. The Morgan fingerprint density at radius 2 is 1.82 bits per heavy atom. The lowest BCUT2D eigenvalue weighted by Gasteiger charge is -2.09. The summed E-state index contributed by atoms with van der Waals surface area (Å²) in [6.07, 6.45) is 1.43. The summed E-state index contributed by atoms with van der Waals surface area (Å²) in [5.41, 5.74) is 2.78. The number of Topliss-reactive ketones (excluding diaryl/α,β-unsaturated/α-hetero) is 1. The highest BCUT2D eigenvalue weighted by Gasteiger charge is 2.26. The van der Waals surface area contributed by atoms with E-state index in [0.29, 0.717) is 34.0 Å². The van der Waals surface area contributed by atoms with E-state index in [4.69, 9.17) is 21.1 Å². The molecule has 0 spiro atoms. The highest BCUT2D eigenvalue weighted by molar-refractivity contribution is 6.48. The lowest BCUT2D eigenvalue weighted by molar-refractivity contribution is -0.112. The average molecular weight is 465 g/mol.